The SMILES string of the molecule is CCCCC1(CCCC)CN(C(C)(C)C)CC(C)(C)N1OC(C)(C)C#N. The topological polar surface area (TPSA) is 39.5 Å². The molecule has 1 heterocycles. The van der Waals surface area contributed by atoms with Crippen LogP contribution in [0.4, 0.5) is 0 Å². The van der Waals surface area contributed by atoms with Gasteiger partial charge in [0.1, 0.15) is 0 Å². The Hall–Kier alpha value is -0.630. The molecule has 1 aliphatic heterocycles. The van der Waals surface area contributed by atoms with E-state index in [-0.39, 0.29) is 16.6 Å². The first-order valence-corrected chi connectivity index (χ1v) is 10.5. The summed E-state index contributed by atoms with van der Waals surface area (Å²) in [4.78, 5) is 9.08. The zero-order valence-corrected chi connectivity index (χ0v) is 18.9. The minimum Gasteiger partial charge on any atom is -0.295 e. The largest absolute Gasteiger partial charge is 0.295 e. The van der Waals surface area contributed by atoms with Gasteiger partial charge in [0.15, 0.2) is 5.60 Å². The molecule has 0 saturated carbocycles. The third-order valence-corrected chi connectivity index (χ3v) is 5.57. The van der Waals surface area contributed by atoms with Gasteiger partial charge in [-0.25, -0.2) is 0 Å². The lowest BCUT2D eigenvalue weighted by atomic mass is 9.78. The predicted octanol–water partition coefficient (Wildman–Crippen LogP) is 5.53. The van der Waals surface area contributed by atoms with Crippen LogP contribution in [0, 0.1) is 11.3 Å². The molecule has 0 aromatic heterocycles. The van der Waals surface area contributed by atoms with Crippen molar-refractivity contribution in [2.45, 2.75) is 123 Å². The highest BCUT2D eigenvalue weighted by Gasteiger charge is 2.53. The molecule has 26 heavy (non-hydrogen) atoms. The van der Waals surface area contributed by atoms with Gasteiger partial charge < -0.3 is 0 Å². The summed E-state index contributed by atoms with van der Waals surface area (Å²) in [6.07, 6.45) is 6.95. The van der Waals surface area contributed by atoms with E-state index in [1.54, 1.807) is 0 Å². The molecule has 1 fully saturated rings. The van der Waals surface area contributed by atoms with E-state index in [9.17, 15) is 5.26 Å². The van der Waals surface area contributed by atoms with Crippen LogP contribution in [0.25, 0.3) is 0 Å². The predicted molar refractivity (Wildman–Crippen MR) is 110 cm³/mol. The van der Waals surface area contributed by atoms with Crippen molar-refractivity contribution < 1.29 is 4.84 Å². The van der Waals surface area contributed by atoms with Crippen LogP contribution in [0.1, 0.15) is 101 Å². The minimum absolute atomic E-state index is 0.0465. The van der Waals surface area contributed by atoms with Crippen molar-refractivity contribution in [2.75, 3.05) is 13.1 Å². The molecular formula is C22H43N3O. The summed E-state index contributed by atoms with van der Waals surface area (Å²) in [6, 6.07) is 2.34. The van der Waals surface area contributed by atoms with Crippen molar-refractivity contribution in [2.24, 2.45) is 0 Å². The zero-order chi connectivity index (χ0) is 20.2. The fraction of sp³-hybridized carbons (Fsp3) is 0.955. The Morgan fingerprint density at radius 2 is 1.46 bits per heavy atom. The van der Waals surface area contributed by atoms with E-state index in [4.69, 9.17) is 4.84 Å². The molecule has 1 rings (SSSR count). The van der Waals surface area contributed by atoms with Gasteiger partial charge in [0.25, 0.3) is 0 Å². The highest BCUT2D eigenvalue weighted by molar-refractivity contribution is 5.06. The van der Waals surface area contributed by atoms with E-state index in [1.807, 2.05) is 13.8 Å². The van der Waals surface area contributed by atoms with Crippen LogP contribution in [-0.4, -0.2) is 45.3 Å². The van der Waals surface area contributed by atoms with Gasteiger partial charge in [-0.15, -0.1) is 0 Å². The van der Waals surface area contributed by atoms with Gasteiger partial charge in [0.05, 0.1) is 17.1 Å². The third kappa shape index (κ3) is 5.68. The molecule has 0 spiro atoms. The van der Waals surface area contributed by atoms with Crippen LogP contribution in [0.5, 0.6) is 0 Å². The van der Waals surface area contributed by atoms with Crippen LogP contribution < -0.4 is 0 Å². The molecule has 0 unspecified atom stereocenters. The first-order valence-electron chi connectivity index (χ1n) is 10.5. The molecular weight excluding hydrogens is 322 g/mol. The molecule has 1 saturated heterocycles. The second-order valence-electron chi connectivity index (χ2n) is 10.3. The Bertz CT molecular complexity index is 477. The van der Waals surface area contributed by atoms with Gasteiger partial charge in [-0.05, 0) is 61.3 Å². The van der Waals surface area contributed by atoms with E-state index in [2.05, 4.69) is 64.5 Å². The monoisotopic (exact) mass is 365 g/mol. The Morgan fingerprint density at radius 3 is 1.85 bits per heavy atom. The molecule has 4 heteroatoms. The van der Waals surface area contributed by atoms with Crippen molar-refractivity contribution >= 4 is 0 Å². The first-order chi connectivity index (χ1) is 11.8. The number of nitrogens with zero attached hydrogens (tertiary/aromatic N) is 3. The van der Waals surface area contributed by atoms with E-state index in [0.717, 1.165) is 25.9 Å². The fourth-order valence-electron chi connectivity index (χ4n) is 4.09. The number of unbranched alkanes of at least 4 members (excludes halogenated alkanes) is 2. The molecule has 4 nitrogen and oxygen atoms in total. The Balaban J connectivity index is 3.39. The van der Waals surface area contributed by atoms with Gasteiger partial charge in [-0.1, -0.05) is 39.5 Å². The first kappa shape index (κ1) is 23.4. The molecule has 1 aliphatic rings. The van der Waals surface area contributed by atoms with Crippen molar-refractivity contribution in [3.8, 4) is 6.07 Å². The van der Waals surface area contributed by atoms with Gasteiger partial charge in [-0.2, -0.15) is 10.3 Å². The van der Waals surface area contributed by atoms with Crippen LogP contribution in [0.3, 0.4) is 0 Å². The summed E-state index contributed by atoms with van der Waals surface area (Å²) < 4.78 is 0. The second kappa shape index (κ2) is 8.59. The molecule has 0 aliphatic carbocycles. The van der Waals surface area contributed by atoms with Crippen LogP contribution >= 0.6 is 0 Å². The van der Waals surface area contributed by atoms with Crippen LogP contribution in [0.15, 0.2) is 0 Å². The lowest BCUT2D eigenvalue weighted by Crippen LogP contribution is -2.73. The number of nitriles is 1. The normalized spacial score (nSPS) is 21.5. The average Bonchev–Trinajstić information content (AvgIpc) is 2.53. The minimum atomic E-state index is -0.815. The number of hydrogen-bond acceptors (Lipinski definition) is 4. The Labute approximate surface area is 162 Å². The smallest absolute Gasteiger partial charge is 0.170 e. The quantitative estimate of drug-likeness (QED) is 0.566. The number of rotatable bonds is 8. The van der Waals surface area contributed by atoms with E-state index < -0.39 is 5.60 Å². The van der Waals surface area contributed by atoms with Gasteiger partial charge >= 0.3 is 0 Å². The maximum absolute atomic E-state index is 9.59. The Kier molecular flexibility index (Phi) is 7.73. The Morgan fingerprint density at radius 1 is 0.962 bits per heavy atom. The van der Waals surface area contributed by atoms with Crippen LogP contribution in [-0.2, 0) is 4.84 Å². The van der Waals surface area contributed by atoms with Crippen molar-refractivity contribution in [3.63, 3.8) is 0 Å². The van der Waals surface area contributed by atoms with Crippen molar-refractivity contribution in [1.82, 2.24) is 9.96 Å². The van der Waals surface area contributed by atoms with E-state index in [0.29, 0.717) is 0 Å². The highest BCUT2D eigenvalue weighted by Crippen LogP contribution is 2.43. The van der Waals surface area contributed by atoms with Crippen LogP contribution in [0.2, 0.25) is 0 Å². The molecule has 0 N–H and O–H groups in total. The van der Waals surface area contributed by atoms with Gasteiger partial charge in [0, 0.05) is 18.6 Å². The number of piperazine rings is 1. The molecule has 0 radical (unpaired) electrons. The summed E-state index contributed by atoms with van der Waals surface area (Å²) in [5.74, 6) is 0. The average molecular weight is 366 g/mol. The van der Waals surface area contributed by atoms with Gasteiger partial charge in [-0.3, -0.25) is 9.74 Å². The molecule has 152 valence electrons. The molecule has 0 bridgehead atoms. The summed E-state index contributed by atoms with van der Waals surface area (Å²) in [5.41, 5.74) is -0.890. The second-order valence-corrected chi connectivity index (χ2v) is 10.3. The van der Waals surface area contributed by atoms with Crippen molar-refractivity contribution in [3.05, 3.63) is 0 Å². The summed E-state index contributed by atoms with van der Waals surface area (Å²) in [5, 5.41) is 11.8. The summed E-state index contributed by atoms with van der Waals surface area (Å²) in [6.45, 7) is 21.7. The lowest BCUT2D eigenvalue weighted by Gasteiger charge is -2.61. The van der Waals surface area contributed by atoms with E-state index >= 15 is 0 Å². The van der Waals surface area contributed by atoms with Crippen molar-refractivity contribution in [1.29, 1.82) is 5.26 Å². The number of hydrogen-bond donors (Lipinski definition) is 0. The fourth-order valence-corrected chi connectivity index (χ4v) is 4.09. The summed E-state index contributed by atoms with van der Waals surface area (Å²) in [7, 11) is 0. The van der Waals surface area contributed by atoms with E-state index in [1.165, 1.54) is 25.7 Å². The zero-order valence-electron chi connectivity index (χ0n) is 18.9. The number of hydroxylamine groups is 2. The molecule has 0 aromatic carbocycles. The summed E-state index contributed by atoms with van der Waals surface area (Å²) >= 11 is 0. The van der Waals surface area contributed by atoms with Gasteiger partial charge in [0.2, 0.25) is 0 Å². The lowest BCUT2D eigenvalue weighted by molar-refractivity contribution is -0.337. The molecule has 0 atom stereocenters. The standard InChI is InChI=1S/C22H43N3O/c1-10-12-14-22(15-13-11-2)18-24(19(3,4)5)17-20(6,7)25(22)26-21(8,9)16-23/h10-15,17-18H2,1-9H3. The molecule has 0 amide bonds. The maximum atomic E-state index is 9.59. The third-order valence-electron chi connectivity index (χ3n) is 5.57. The maximum Gasteiger partial charge on any atom is 0.170 e. The molecule has 0 aromatic rings. The highest BCUT2D eigenvalue weighted by atomic mass is 16.7.